The standard InChI is InChI=1S/C23H28N2O2/c1-16-8-10-19(11-9-16)15-27-23(26)20-13-18(3)21(14-17(20)2)24-22-7-5-6-12-25(22)4/h8-11,13-14H,5-7,12,15H2,1-4H3. The van der Waals surface area contributed by atoms with Crippen molar-refractivity contribution >= 4 is 17.5 Å². The van der Waals surface area contributed by atoms with Crippen LogP contribution in [0.25, 0.3) is 0 Å². The fraction of sp³-hybridized carbons (Fsp3) is 0.391. The van der Waals surface area contributed by atoms with Crippen molar-refractivity contribution in [2.75, 3.05) is 13.6 Å². The lowest BCUT2D eigenvalue weighted by Gasteiger charge is -2.26. The Morgan fingerprint density at radius 2 is 1.81 bits per heavy atom. The van der Waals surface area contributed by atoms with Crippen molar-refractivity contribution in [1.82, 2.24) is 4.90 Å². The summed E-state index contributed by atoms with van der Waals surface area (Å²) in [7, 11) is 2.09. The molecule has 0 radical (unpaired) electrons. The van der Waals surface area contributed by atoms with Crippen molar-refractivity contribution in [2.45, 2.75) is 46.6 Å². The van der Waals surface area contributed by atoms with Gasteiger partial charge in [0.2, 0.25) is 0 Å². The third-order valence-corrected chi connectivity index (χ3v) is 5.09. The van der Waals surface area contributed by atoms with E-state index >= 15 is 0 Å². The first-order chi connectivity index (χ1) is 12.9. The van der Waals surface area contributed by atoms with Crippen LogP contribution < -0.4 is 0 Å². The minimum atomic E-state index is -0.287. The molecule has 2 aromatic rings. The molecule has 0 saturated carbocycles. The zero-order valence-corrected chi connectivity index (χ0v) is 16.7. The minimum absolute atomic E-state index is 0.284. The zero-order chi connectivity index (χ0) is 19.4. The van der Waals surface area contributed by atoms with Crippen molar-refractivity contribution in [2.24, 2.45) is 4.99 Å². The summed E-state index contributed by atoms with van der Waals surface area (Å²) in [6.07, 6.45) is 3.42. The fourth-order valence-corrected chi connectivity index (χ4v) is 3.28. The van der Waals surface area contributed by atoms with E-state index in [4.69, 9.17) is 9.73 Å². The molecule has 2 aromatic carbocycles. The number of ether oxygens (including phenoxy) is 1. The smallest absolute Gasteiger partial charge is 0.338 e. The van der Waals surface area contributed by atoms with E-state index in [2.05, 4.69) is 11.9 Å². The first kappa shape index (κ1) is 19.2. The van der Waals surface area contributed by atoms with Crippen LogP contribution in [-0.4, -0.2) is 30.3 Å². The SMILES string of the molecule is Cc1ccc(COC(=O)c2cc(C)c(N=C3CCCCN3C)cc2C)cc1. The third kappa shape index (κ3) is 4.76. The van der Waals surface area contributed by atoms with Crippen LogP contribution in [0.3, 0.4) is 0 Å². The number of carbonyl (C=O) groups is 1. The van der Waals surface area contributed by atoms with Gasteiger partial charge >= 0.3 is 5.97 Å². The van der Waals surface area contributed by atoms with Gasteiger partial charge in [-0.25, -0.2) is 9.79 Å². The van der Waals surface area contributed by atoms with Gasteiger partial charge in [0.25, 0.3) is 0 Å². The average molecular weight is 364 g/mol. The second-order valence-electron chi connectivity index (χ2n) is 7.42. The van der Waals surface area contributed by atoms with E-state index in [-0.39, 0.29) is 12.6 Å². The molecule has 4 heteroatoms. The Bertz CT molecular complexity index is 853. The van der Waals surface area contributed by atoms with Gasteiger partial charge in [0, 0.05) is 20.0 Å². The van der Waals surface area contributed by atoms with Crippen LogP contribution >= 0.6 is 0 Å². The van der Waals surface area contributed by atoms with Gasteiger partial charge in [0.05, 0.1) is 11.3 Å². The number of aliphatic imine (C=N–C) groups is 1. The molecular weight excluding hydrogens is 336 g/mol. The molecule has 0 aliphatic carbocycles. The van der Waals surface area contributed by atoms with Crippen molar-refractivity contribution in [3.8, 4) is 0 Å². The molecule has 0 spiro atoms. The number of amidine groups is 1. The molecule has 1 aliphatic heterocycles. The van der Waals surface area contributed by atoms with Crippen LogP contribution in [0, 0.1) is 20.8 Å². The molecule has 1 saturated heterocycles. The largest absolute Gasteiger partial charge is 0.457 e. The summed E-state index contributed by atoms with van der Waals surface area (Å²) >= 11 is 0. The number of piperidine rings is 1. The maximum Gasteiger partial charge on any atom is 0.338 e. The molecule has 27 heavy (non-hydrogen) atoms. The number of rotatable bonds is 4. The fourth-order valence-electron chi connectivity index (χ4n) is 3.28. The van der Waals surface area contributed by atoms with Crippen molar-refractivity contribution < 1.29 is 9.53 Å². The molecule has 0 unspecified atom stereocenters. The Morgan fingerprint density at radius 1 is 1.07 bits per heavy atom. The van der Waals surface area contributed by atoms with Gasteiger partial charge in [-0.2, -0.15) is 0 Å². The molecule has 3 rings (SSSR count). The minimum Gasteiger partial charge on any atom is -0.457 e. The molecule has 0 N–H and O–H groups in total. The number of nitrogens with zero attached hydrogens (tertiary/aromatic N) is 2. The lowest BCUT2D eigenvalue weighted by atomic mass is 10.0. The molecule has 0 atom stereocenters. The normalized spacial score (nSPS) is 15.9. The van der Waals surface area contributed by atoms with Gasteiger partial charge in [0.15, 0.2) is 0 Å². The van der Waals surface area contributed by atoms with Gasteiger partial charge in [-0.3, -0.25) is 0 Å². The van der Waals surface area contributed by atoms with E-state index in [1.165, 1.54) is 18.4 Å². The molecule has 1 heterocycles. The predicted molar refractivity (Wildman–Crippen MR) is 110 cm³/mol. The van der Waals surface area contributed by atoms with E-state index < -0.39 is 0 Å². The summed E-state index contributed by atoms with van der Waals surface area (Å²) in [5.74, 6) is 0.837. The topological polar surface area (TPSA) is 41.9 Å². The first-order valence-corrected chi connectivity index (χ1v) is 9.56. The van der Waals surface area contributed by atoms with E-state index in [0.717, 1.165) is 41.2 Å². The van der Waals surface area contributed by atoms with Gasteiger partial charge in [-0.15, -0.1) is 0 Å². The Labute approximate surface area is 161 Å². The van der Waals surface area contributed by atoms with E-state index in [0.29, 0.717) is 5.56 Å². The molecule has 4 nitrogen and oxygen atoms in total. The second-order valence-corrected chi connectivity index (χ2v) is 7.42. The predicted octanol–water partition coefficient (Wildman–Crippen LogP) is 5.11. The molecule has 0 aromatic heterocycles. The van der Waals surface area contributed by atoms with Crippen LogP contribution in [0.15, 0.2) is 41.4 Å². The highest BCUT2D eigenvalue weighted by Crippen LogP contribution is 2.26. The number of likely N-dealkylation sites (tertiary alicyclic amines) is 1. The number of benzene rings is 2. The van der Waals surface area contributed by atoms with Crippen LogP contribution in [0.1, 0.15) is 51.9 Å². The zero-order valence-electron chi connectivity index (χ0n) is 16.7. The molecule has 0 amide bonds. The Balaban J connectivity index is 1.74. The summed E-state index contributed by atoms with van der Waals surface area (Å²) in [4.78, 5) is 19.6. The van der Waals surface area contributed by atoms with Crippen molar-refractivity contribution in [3.63, 3.8) is 0 Å². The molecule has 1 fully saturated rings. The molecule has 1 aliphatic rings. The Morgan fingerprint density at radius 3 is 2.52 bits per heavy atom. The number of carbonyl (C=O) groups excluding carboxylic acids is 1. The van der Waals surface area contributed by atoms with Crippen LogP contribution in [0.2, 0.25) is 0 Å². The Hall–Kier alpha value is -2.62. The number of esters is 1. The highest BCUT2D eigenvalue weighted by Gasteiger charge is 2.16. The Kier molecular flexibility index (Phi) is 5.94. The highest BCUT2D eigenvalue weighted by molar-refractivity contribution is 5.92. The summed E-state index contributed by atoms with van der Waals surface area (Å²) in [5, 5.41) is 0. The quantitative estimate of drug-likeness (QED) is 0.708. The summed E-state index contributed by atoms with van der Waals surface area (Å²) in [5.41, 5.74) is 5.62. The van der Waals surface area contributed by atoms with Crippen LogP contribution in [-0.2, 0) is 11.3 Å². The lowest BCUT2D eigenvalue weighted by molar-refractivity contribution is 0.0472. The molecular formula is C23H28N2O2. The van der Waals surface area contributed by atoms with Gasteiger partial charge in [0.1, 0.15) is 12.4 Å². The van der Waals surface area contributed by atoms with Crippen LogP contribution in [0.5, 0.6) is 0 Å². The van der Waals surface area contributed by atoms with Crippen molar-refractivity contribution in [1.29, 1.82) is 0 Å². The van der Waals surface area contributed by atoms with E-state index in [9.17, 15) is 4.79 Å². The van der Waals surface area contributed by atoms with E-state index in [1.807, 2.05) is 57.2 Å². The van der Waals surface area contributed by atoms with Gasteiger partial charge in [-0.05, 0) is 62.4 Å². The highest BCUT2D eigenvalue weighted by atomic mass is 16.5. The number of hydrogen-bond acceptors (Lipinski definition) is 3. The van der Waals surface area contributed by atoms with Gasteiger partial charge < -0.3 is 9.64 Å². The summed E-state index contributed by atoms with van der Waals surface area (Å²) in [6.45, 7) is 7.32. The number of aryl methyl sites for hydroxylation is 3. The van der Waals surface area contributed by atoms with Gasteiger partial charge in [-0.1, -0.05) is 29.8 Å². The maximum atomic E-state index is 12.5. The second kappa shape index (κ2) is 8.38. The number of hydrogen-bond donors (Lipinski definition) is 0. The summed E-state index contributed by atoms with van der Waals surface area (Å²) < 4.78 is 5.51. The first-order valence-electron chi connectivity index (χ1n) is 9.56. The lowest BCUT2D eigenvalue weighted by Crippen LogP contribution is -2.31. The third-order valence-electron chi connectivity index (χ3n) is 5.09. The molecule has 142 valence electrons. The maximum absolute atomic E-state index is 12.5. The summed E-state index contributed by atoms with van der Waals surface area (Å²) in [6, 6.07) is 11.9. The average Bonchev–Trinajstić information content (AvgIpc) is 2.65. The monoisotopic (exact) mass is 364 g/mol. The van der Waals surface area contributed by atoms with Crippen LogP contribution in [0.4, 0.5) is 5.69 Å². The van der Waals surface area contributed by atoms with Crippen molar-refractivity contribution in [3.05, 3.63) is 64.2 Å². The van der Waals surface area contributed by atoms with E-state index in [1.54, 1.807) is 0 Å². The molecule has 0 bridgehead atoms.